The van der Waals surface area contributed by atoms with Crippen LogP contribution in [0.1, 0.15) is 0 Å². The van der Waals surface area contributed by atoms with Crippen LogP contribution < -0.4 is 5.32 Å². The Morgan fingerprint density at radius 2 is 2.20 bits per heavy atom. The average Bonchev–Trinajstić information content (AvgIpc) is 1.90. The minimum atomic E-state index is -2.98. The highest BCUT2D eigenvalue weighted by Gasteiger charge is 2.19. The monoisotopic (exact) mass is 165 g/mol. The fourth-order valence-electron chi connectivity index (χ4n) is 0.932. The smallest absolute Gasteiger partial charge is 0.154 e. The van der Waals surface area contributed by atoms with Gasteiger partial charge in [0.25, 0.3) is 0 Å². The maximum absolute atomic E-state index is 10.9. The van der Waals surface area contributed by atoms with Gasteiger partial charge in [0.1, 0.15) is 0 Å². The van der Waals surface area contributed by atoms with Crippen LogP contribution in [0, 0.1) is 0 Å². The van der Waals surface area contributed by atoms with Crippen LogP contribution in [-0.4, -0.2) is 44.2 Å². The highest BCUT2D eigenvalue weighted by atomic mass is 32.2. The normalized spacial score (nSPS) is 33.1. The molecule has 1 fully saturated rings. The zero-order chi connectivity index (χ0) is 7.61. The maximum Gasteiger partial charge on any atom is 0.154 e. The lowest BCUT2D eigenvalue weighted by molar-refractivity contribution is 0.197. The molecule has 0 bridgehead atoms. The first-order valence-corrected chi connectivity index (χ1v) is 5.01. The zero-order valence-corrected chi connectivity index (χ0v) is 6.39. The number of nitrogens with one attached hydrogen (secondary N) is 1. The second-order valence-electron chi connectivity index (χ2n) is 2.47. The highest BCUT2D eigenvalue weighted by molar-refractivity contribution is 7.91. The van der Waals surface area contributed by atoms with Gasteiger partial charge in [0, 0.05) is 13.1 Å². The fraction of sp³-hybridized carbons (Fsp3) is 1.00. The van der Waals surface area contributed by atoms with E-state index in [-0.39, 0.29) is 11.5 Å². The van der Waals surface area contributed by atoms with Gasteiger partial charge < -0.3 is 10.4 Å². The summed E-state index contributed by atoms with van der Waals surface area (Å²) >= 11 is 0. The first-order chi connectivity index (χ1) is 4.60. The van der Waals surface area contributed by atoms with Crippen molar-refractivity contribution in [2.24, 2.45) is 0 Å². The second kappa shape index (κ2) is 2.86. The van der Waals surface area contributed by atoms with Gasteiger partial charge in [0.15, 0.2) is 9.84 Å². The van der Waals surface area contributed by atoms with E-state index in [1.165, 1.54) is 0 Å². The summed E-state index contributed by atoms with van der Waals surface area (Å²) in [4.78, 5) is 0. The highest BCUT2D eigenvalue weighted by Crippen LogP contribution is 1.97. The predicted octanol–water partition coefficient (Wildman–Crippen LogP) is -1.63. The number of hydrogen-bond acceptors (Lipinski definition) is 4. The summed E-state index contributed by atoms with van der Waals surface area (Å²) in [7, 11) is -2.98. The third-order valence-corrected chi connectivity index (χ3v) is 3.13. The molecular weight excluding hydrogens is 154 g/mol. The van der Waals surface area contributed by atoms with E-state index < -0.39 is 15.9 Å². The molecule has 1 aliphatic rings. The molecule has 0 amide bonds. The van der Waals surface area contributed by atoms with E-state index in [2.05, 4.69) is 5.32 Å². The largest absolute Gasteiger partial charge is 0.391 e. The lowest BCUT2D eigenvalue weighted by atomic mass is 10.4. The molecule has 0 spiro atoms. The Morgan fingerprint density at radius 3 is 2.90 bits per heavy atom. The van der Waals surface area contributed by atoms with Crippen LogP contribution >= 0.6 is 0 Å². The van der Waals surface area contributed by atoms with Crippen LogP contribution in [0.15, 0.2) is 0 Å². The number of aliphatic hydroxyl groups excluding tert-OH is 1. The molecule has 0 aromatic heterocycles. The minimum absolute atomic E-state index is 0.0972. The van der Waals surface area contributed by atoms with Crippen LogP contribution in [0.5, 0.6) is 0 Å². The summed E-state index contributed by atoms with van der Waals surface area (Å²) in [6, 6.07) is 0. The molecule has 0 saturated carbocycles. The molecule has 60 valence electrons. The maximum atomic E-state index is 10.9. The molecule has 1 unspecified atom stereocenters. The molecule has 0 aliphatic carbocycles. The summed E-state index contributed by atoms with van der Waals surface area (Å²) in [6.45, 7) is 0.846. The van der Waals surface area contributed by atoms with Gasteiger partial charge in [0.05, 0.1) is 17.6 Å². The third-order valence-electron chi connectivity index (χ3n) is 1.42. The molecule has 10 heavy (non-hydrogen) atoms. The van der Waals surface area contributed by atoms with E-state index in [4.69, 9.17) is 5.11 Å². The van der Waals surface area contributed by atoms with Crippen molar-refractivity contribution in [1.29, 1.82) is 0 Å². The van der Waals surface area contributed by atoms with Gasteiger partial charge in [-0.05, 0) is 0 Å². The predicted molar refractivity (Wildman–Crippen MR) is 37.5 cm³/mol. The Balaban J connectivity index is 2.64. The summed E-state index contributed by atoms with van der Waals surface area (Å²) in [5.41, 5.74) is 0. The van der Waals surface area contributed by atoms with Crippen molar-refractivity contribution < 1.29 is 13.5 Å². The molecule has 5 heteroatoms. The molecular formula is C5H11NO3S. The Labute approximate surface area is 60.2 Å². The standard InChI is InChI=1S/C5H11NO3S/c7-5-3-6-1-2-10(8,9)4-5/h5-7H,1-4H2. The van der Waals surface area contributed by atoms with E-state index in [1.54, 1.807) is 0 Å². The number of rotatable bonds is 0. The minimum Gasteiger partial charge on any atom is -0.391 e. The second-order valence-corrected chi connectivity index (χ2v) is 4.70. The molecule has 4 nitrogen and oxygen atoms in total. The van der Waals surface area contributed by atoms with Crippen LogP contribution in [-0.2, 0) is 9.84 Å². The lowest BCUT2D eigenvalue weighted by Crippen LogP contribution is -2.27. The first kappa shape index (κ1) is 7.97. The number of β-amino-alcohol motifs (C(OH)–C–C–N with tert-alkyl or cyclic N) is 1. The molecule has 1 aliphatic heterocycles. The quantitative estimate of drug-likeness (QED) is 0.452. The molecule has 0 aromatic carbocycles. The summed E-state index contributed by atoms with van der Waals surface area (Å²) in [6.07, 6.45) is -0.729. The fourth-order valence-corrected chi connectivity index (χ4v) is 2.26. The first-order valence-electron chi connectivity index (χ1n) is 3.19. The average molecular weight is 165 g/mol. The van der Waals surface area contributed by atoms with Gasteiger partial charge in [-0.3, -0.25) is 0 Å². The number of sulfone groups is 1. The van der Waals surface area contributed by atoms with Crippen LogP contribution in [0.2, 0.25) is 0 Å². The Hall–Kier alpha value is -0.130. The van der Waals surface area contributed by atoms with Crippen molar-refractivity contribution in [2.45, 2.75) is 6.10 Å². The number of aliphatic hydroxyl groups is 1. The van der Waals surface area contributed by atoms with E-state index in [0.717, 1.165) is 0 Å². The van der Waals surface area contributed by atoms with E-state index in [9.17, 15) is 8.42 Å². The van der Waals surface area contributed by atoms with Gasteiger partial charge >= 0.3 is 0 Å². The SMILES string of the molecule is O=S1(=O)CCNCC(O)C1. The third kappa shape index (κ3) is 2.24. The van der Waals surface area contributed by atoms with E-state index in [1.807, 2.05) is 0 Å². The van der Waals surface area contributed by atoms with Gasteiger partial charge in [-0.25, -0.2) is 8.42 Å². The van der Waals surface area contributed by atoms with Crippen molar-refractivity contribution in [3.8, 4) is 0 Å². The van der Waals surface area contributed by atoms with Crippen molar-refractivity contribution in [2.75, 3.05) is 24.6 Å². The van der Waals surface area contributed by atoms with E-state index >= 15 is 0 Å². The molecule has 1 rings (SSSR count). The van der Waals surface area contributed by atoms with Crippen LogP contribution in [0.3, 0.4) is 0 Å². The molecule has 0 radical (unpaired) electrons. The molecule has 2 N–H and O–H groups in total. The Morgan fingerprint density at radius 1 is 1.50 bits per heavy atom. The van der Waals surface area contributed by atoms with Crippen molar-refractivity contribution in [3.63, 3.8) is 0 Å². The summed E-state index contributed by atoms with van der Waals surface area (Å²) < 4.78 is 21.8. The Kier molecular flexibility index (Phi) is 2.28. The number of hydrogen-bond donors (Lipinski definition) is 2. The Bertz CT molecular complexity index is 199. The molecule has 1 atom stereocenters. The molecule has 1 saturated heterocycles. The van der Waals surface area contributed by atoms with Gasteiger partial charge in [0.2, 0.25) is 0 Å². The van der Waals surface area contributed by atoms with Crippen molar-refractivity contribution in [1.82, 2.24) is 5.32 Å². The zero-order valence-electron chi connectivity index (χ0n) is 5.58. The van der Waals surface area contributed by atoms with Gasteiger partial charge in [-0.2, -0.15) is 0 Å². The van der Waals surface area contributed by atoms with E-state index in [0.29, 0.717) is 13.1 Å². The van der Waals surface area contributed by atoms with Crippen LogP contribution in [0.25, 0.3) is 0 Å². The van der Waals surface area contributed by atoms with Crippen LogP contribution in [0.4, 0.5) is 0 Å². The van der Waals surface area contributed by atoms with Crippen molar-refractivity contribution in [3.05, 3.63) is 0 Å². The topological polar surface area (TPSA) is 66.4 Å². The molecule has 1 heterocycles. The molecule has 0 aromatic rings. The van der Waals surface area contributed by atoms with Gasteiger partial charge in [-0.1, -0.05) is 0 Å². The van der Waals surface area contributed by atoms with Gasteiger partial charge in [-0.15, -0.1) is 0 Å². The summed E-state index contributed by atoms with van der Waals surface area (Å²) in [5, 5.41) is 11.8. The van der Waals surface area contributed by atoms with Crippen molar-refractivity contribution >= 4 is 9.84 Å². The lowest BCUT2D eigenvalue weighted by Gasteiger charge is -2.03. The summed E-state index contributed by atoms with van der Waals surface area (Å²) in [5.74, 6) is 0.0457.